The number of hydrogen-bond donors (Lipinski definition) is 0. The lowest BCUT2D eigenvalue weighted by atomic mass is 9.93. The van der Waals surface area contributed by atoms with Gasteiger partial charge in [0, 0.05) is 22.9 Å². The van der Waals surface area contributed by atoms with Gasteiger partial charge in [-0.15, -0.1) is 0 Å². The molecule has 2 aliphatic rings. The zero-order valence-electron chi connectivity index (χ0n) is 11.5. The van der Waals surface area contributed by atoms with Gasteiger partial charge in [-0.05, 0) is 37.9 Å². The van der Waals surface area contributed by atoms with Gasteiger partial charge in [0.1, 0.15) is 5.75 Å². The number of benzene rings is 1. The fourth-order valence-electron chi connectivity index (χ4n) is 3.29. The summed E-state index contributed by atoms with van der Waals surface area (Å²) in [5.41, 5.74) is 1.40. The molecule has 1 aromatic rings. The van der Waals surface area contributed by atoms with Crippen LogP contribution in [0.15, 0.2) is 24.3 Å². The van der Waals surface area contributed by atoms with Crippen molar-refractivity contribution in [1.29, 1.82) is 0 Å². The van der Waals surface area contributed by atoms with Crippen molar-refractivity contribution in [2.24, 2.45) is 5.92 Å². The van der Waals surface area contributed by atoms with Gasteiger partial charge in [-0.25, -0.2) is 0 Å². The SMILES string of the molecule is CC(Br)C1CCN(CC2COc3ccccc32)CC1. The van der Waals surface area contributed by atoms with E-state index in [0.717, 1.165) is 24.8 Å². The summed E-state index contributed by atoms with van der Waals surface area (Å²) >= 11 is 3.73. The zero-order valence-corrected chi connectivity index (χ0v) is 13.1. The summed E-state index contributed by atoms with van der Waals surface area (Å²) in [6, 6.07) is 8.50. The van der Waals surface area contributed by atoms with E-state index in [4.69, 9.17) is 4.74 Å². The largest absolute Gasteiger partial charge is 0.493 e. The van der Waals surface area contributed by atoms with E-state index in [9.17, 15) is 0 Å². The number of fused-ring (bicyclic) bond motifs is 1. The summed E-state index contributed by atoms with van der Waals surface area (Å²) < 4.78 is 5.78. The molecule has 0 aliphatic carbocycles. The minimum absolute atomic E-state index is 0.564. The van der Waals surface area contributed by atoms with E-state index in [2.05, 4.69) is 52.0 Å². The van der Waals surface area contributed by atoms with Gasteiger partial charge in [0.2, 0.25) is 0 Å². The van der Waals surface area contributed by atoms with Crippen molar-refractivity contribution in [3.63, 3.8) is 0 Å². The molecule has 3 rings (SSSR count). The average molecular weight is 324 g/mol. The van der Waals surface area contributed by atoms with Crippen molar-refractivity contribution < 1.29 is 4.74 Å². The van der Waals surface area contributed by atoms with Crippen LogP contribution in [0.5, 0.6) is 5.75 Å². The molecule has 2 aliphatic heterocycles. The Morgan fingerprint density at radius 1 is 1.32 bits per heavy atom. The van der Waals surface area contributed by atoms with Crippen LogP contribution in [0.1, 0.15) is 31.2 Å². The van der Waals surface area contributed by atoms with Crippen LogP contribution in [0.2, 0.25) is 0 Å². The molecule has 0 aromatic heterocycles. The number of piperidine rings is 1. The molecule has 0 saturated carbocycles. The summed E-state index contributed by atoms with van der Waals surface area (Å²) in [5, 5.41) is 0. The first-order valence-corrected chi connectivity index (χ1v) is 8.24. The molecule has 2 nitrogen and oxygen atoms in total. The minimum atomic E-state index is 0.564. The third-order valence-corrected chi connectivity index (χ3v) is 5.31. The van der Waals surface area contributed by atoms with Gasteiger partial charge in [0.25, 0.3) is 0 Å². The molecule has 0 amide bonds. The Labute approximate surface area is 124 Å². The maximum Gasteiger partial charge on any atom is 0.122 e. The van der Waals surface area contributed by atoms with Gasteiger partial charge in [0.15, 0.2) is 0 Å². The van der Waals surface area contributed by atoms with E-state index >= 15 is 0 Å². The monoisotopic (exact) mass is 323 g/mol. The third kappa shape index (κ3) is 2.97. The number of ether oxygens (including phenoxy) is 1. The van der Waals surface area contributed by atoms with Crippen molar-refractivity contribution in [1.82, 2.24) is 4.90 Å². The molecule has 2 heterocycles. The maximum atomic E-state index is 5.78. The number of alkyl halides is 1. The molecule has 0 N–H and O–H groups in total. The molecular formula is C16H22BrNO. The van der Waals surface area contributed by atoms with E-state index in [-0.39, 0.29) is 0 Å². The predicted octanol–water partition coefficient (Wildman–Crippen LogP) is 3.66. The van der Waals surface area contributed by atoms with Gasteiger partial charge in [-0.2, -0.15) is 0 Å². The average Bonchev–Trinajstić information content (AvgIpc) is 2.83. The van der Waals surface area contributed by atoms with Gasteiger partial charge < -0.3 is 9.64 Å². The molecule has 2 atom stereocenters. The minimum Gasteiger partial charge on any atom is -0.493 e. The summed E-state index contributed by atoms with van der Waals surface area (Å²) in [5.74, 6) is 2.51. The first-order chi connectivity index (χ1) is 9.24. The molecular weight excluding hydrogens is 302 g/mol. The van der Waals surface area contributed by atoms with Crippen LogP contribution in [0.3, 0.4) is 0 Å². The molecule has 0 bridgehead atoms. The maximum absolute atomic E-state index is 5.78. The smallest absolute Gasteiger partial charge is 0.122 e. The normalized spacial score (nSPS) is 25.9. The summed E-state index contributed by atoms with van der Waals surface area (Å²) in [7, 11) is 0. The fourth-order valence-corrected chi connectivity index (χ4v) is 3.82. The van der Waals surface area contributed by atoms with Crippen LogP contribution in [-0.2, 0) is 0 Å². The van der Waals surface area contributed by atoms with Crippen LogP contribution < -0.4 is 4.74 Å². The Kier molecular flexibility index (Phi) is 4.13. The molecule has 1 saturated heterocycles. The number of halogens is 1. The lowest BCUT2D eigenvalue weighted by Crippen LogP contribution is -2.38. The molecule has 2 unspecified atom stereocenters. The van der Waals surface area contributed by atoms with E-state index in [1.165, 1.54) is 31.5 Å². The highest BCUT2D eigenvalue weighted by Gasteiger charge is 2.28. The lowest BCUT2D eigenvalue weighted by Gasteiger charge is -2.34. The van der Waals surface area contributed by atoms with Gasteiger partial charge in [-0.3, -0.25) is 0 Å². The molecule has 1 aromatic carbocycles. The summed E-state index contributed by atoms with van der Waals surface area (Å²) in [6.45, 7) is 6.76. The second kappa shape index (κ2) is 5.84. The first kappa shape index (κ1) is 13.4. The summed E-state index contributed by atoms with van der Waals surface area (Å²) in [6.07, 6.45) is 2.64. The van der Waals surface area contributed by atoms with Crippen LogP contribution in [0.25, 0.3) is 0 Å². The van der Waals surface area contributed by atoms with E-state index in [0.29, 0.717) is 10.7 Å². The van der Waals surface area contributed by atoms with Gasteiger partial charge >= 0.3 is 0 Å². The first-order valence-electron chi connectivity index (χ1n) is 7.32. The Bertz CT molecular complexity index is 427. The number of hydrogen-bond acceptors (Lipinski definition) is 2. The van der Waals surface area contributed by atoms with Crippen LogP contribution in [-0.4, -0.2) is 36.0 Å². The standard InChI is InChI=1S/C16H22BrNO/c1-12(17)13-6-8-18(9-7-13)10-14-11-19-16-5-3-2-4-15(14)16/h2-5,12-14H,6-11H2,1H3. The highest BCUT2D eigenvalue weighted by Crippen LogP contribution is 2.35. The molecule has 19 heavy (non-hydrogen) atoms. The topological polar surface area (TPSA) is 12.5 Å². The van der Waals surface area contributed by atoms with Crippen LogP contribution in [0.4, 0.5) is 0 Å². The highest BCUT2D eigenvalue weighted by atomic mass is 79.9. The quantitative estimate of drug-likeness (QED) is 0.787. The van der Waals surface area contributed by atoms with Crippen molar-refractivity contribution in [2.75, 3.05) is 26.2 Å². The number of nitrogens with zero attached hydrogens (tertiary/aromatic N) is 1. The van der Waals surface area contributed by atoms with Crippen molar-refractivity contribution >= 4 is 15.9 Å². The van der Waals surface area contributed by atoms with Crippen LogP contribution >= 0.6 is 15.9 Å². The predicted molar refractivity (Wildman–Crippen MR) is 82.2 cm³/mol. The Hall–Kier alpha value is -0.540. The fraction of sp³-hybridized carbons (Fsp3) is 0.625. The Morgan fingerprint density at radius 2 is 2.05 bits per heavy atom. The van der Waals surface area contributed by atoms with E-state index < -0.39 is 0 Å². The highest BCUT2D eigenvalue weighted by molar-refractivity contribution is 9.09. The second-order valence-corrected chi connectivity index (χ2v) is 7.31. The number of likely N-dealkylation sites (tertiary alicyclic amines) is 1. The van der Waals surface area contributed by atoms with E-state index in [1.54, 1.807) is 0 Å². The molecule has 1 fully saturated rings. The number of para-hydroxylation sites is 1. The molecule has 3 heteroatoms. The zero-order chi connectivity index (χ0) is 13.2. The van der Waals surface area contributed by atoms with Gasteiger partial charge in [0.05, 0.1) is 6.61 Å². The molecule has 104 valence electrons. The lowest BCUT2D eigenvalue weighted by molar-refractivity contribution is 0.168. The van der Waals surface area contributed by atoms with Gasteiger partial charge in [-0.1, -0.05) is 41.1 Å². The molecule has 0 spiro atoms. The Morgan fingerprint density at radius 3 is 2.79 bits per heavy atom. The second-order valence-electron chi connectivity index (χ2n) is 5.86. The summed E-state index contributed by atoms with van der Waals surface area (Å²) in [4.78, 5) is 3.27. The van der Waals surface area contributed by atoms with Crippen molar-refractivity contribution in [3.05, 3.63) is 29.8 Å². The van der Waals surface area contributed by atoms with Crippen molar-refractivity contribution in [2.45, 2.75) is 30.5 Å². The molecule has 0 radical (unpaired) electrons. The Balaban J connectivity index is 1.57. The third-order valence-electron chi connectivity index (χ3n) is 4.56. The van der Waals surface area contributed by atoms with Crippen LogP contribution in [0, 0.1) is 5.92 Å². The number of rotatable bonds is 3. The van der Waals surface area contributed by atoms with E-state index in [1.807, 2.05) is 0 Å². The van der Waals surface area contributed by atoms with Crippen molar-refractivity contribution in [3.8, 4) is 5.75 Å².